The molecular weight excluding hydrogens is 438 g/mol. The first-order valence-corrected chi connectivity index (χ1v) is 12.2. The Morgan fingerprint density at radius 1 is 0.559 bits per heavy atom. The zero-order chi connectivity index (χ0) is 26.8. The van der Waals surface area contributed by atoms with Crippen LogP contribution in [0, 0.1) is 0 Å². The maximum absolute atomic E-state index is 12.6. The molecule has 0 aliphatic carbocycles. The molecule has 1 amide bonds. The van der Waals surface area contributed by atoms with Gasteiger partial charge in [0.05, 0.1) is 0 Å². The highest BCUT2D eigenvalue weighted by Gasteiger charge is 2.35. The van der Waals surface area contributed by atoms with E-state index in [1.165, 1.54) is 0 Å². The summed E-state index contributed by atoms with van der Waals surface area (Å²) in [6.45, 7) is 17.9. The normalized spacial score (nSPS) is 12.6. The minimum Gasteiger partial charge on any atom is -0.460 e. The molecule has 0 saturated carbocycles. The Kier molecular flexibility index (Phi) is 12.3. The van der Waals surface area contributed by atoms with Gasteiger partial charge in [-0.1, -0.05) is 6.92 Å². The van der Waals surface area contributed by atoms with Gasteiger partial charge in [0.2, 0.25) is 5.91 Å². The molecule has 0 aromatic carbocycles. The summed E-state index contributed by atoms with van der Waals surface area (Å²) in [6.07, 6.45) is 1.72. The summed E-state index contributed by atoms with van der Waals surface area (Å²) in [7, 11) is 0. The maximum atomic E-state index is 12.6. The van der Waals surface area contributed by atoms with Gasteiger partial charge in [-0.3, -0.25) is 19.2 Å². The topological polar surface area (TPSA) is 108 Å². The van der Waals surface area contributed by atoms with Crippen LogP contribution < -0.4 is 5.32 Å². The first-order chi connectivity index (χ1) is 15.3. The Hall–Kier alpha value is -2.12. The van der Waals surface area contributed by atoms with E-state index in [0.29, 0.717) is 12.8 Å². The van der Waals surface area contributed by atoms with Gasteiger partial charge in [-0.05, 0) is 88.0 Å². The summed E-state index contributed by atoms with van der Waals surface area (Å²) in [4.78, 5) is 50.0. The van der Waals surface area contributed by atoms with E-state index < -0.39 is 40.2 Å². The van der Waals surface area contributed by atoms with E-state index in [9.17, 15) is 19.2 Å². The van der Waals surface area contributed by atoms with E-state index in [2.05, 4.69) is 5.32 Å². The van der Waals surface area contributed by atoms with Gasteiger partial charge in [0.25, 0.3) is 0 Å². The molecule has 34 heavy (non-hydrogen) atoms. The largest absolute Gasteiger partial charge is 0.460 e. The molecule has 8 heteroatoms. The van der Waals surface area contributed by atoms with Crippen molar-refractivity contribution in [1.29, 1.82) is 0 Å². The molecule has 1 N–H and O–H groups in total. The Bertz CT molecular complexity index is 615. The average molecular weight is 486 g/mol. The molecule has 0 aliphatic heterocycles. The van der Waals surface area contributed by atoms with E-state index >= 15 is 0 Å². The Morgan fingerprint density at radius 2 is 0.853 bits per heavy atom. The number of carbonyl (C=O) groups excluding carboxylic acids is 4. The predicted molar refractivity (Wildman–Crippen MR) is 131 cm³/mol. The summed E-state index contributed by atoms with van der Waals surface area (Å²) in [5.74, 6) is -1.41. The van der Waals surface area contributed by atoms with Gasteiger partial charge in [0, 0.05) is 31.2 Å². The third-order valence-electron chi connectivity index (χ3n) is 4.56. The Balaban J connectivity index is 5.76. The second-order valence-electron chi connectivity index (χ2n) is 11.8. The highest BCUT2D eigenvalue weighted by molar-refractivity contribution is 5.78. The number of esters is 3. The molecule has 0 aliphatic rings. The minimum atomic E-state index is -0.961. The number of rotatable bonds is 12. The van der Waals surface area contributed by atoms with E-state index in [0.717, 1.165) is 0 Å². The van der Waals surface area contributed by atoms with Crippen molar-refractivity contribution >= 4 is 23.8 Å². The molecule has 0 aromatic heterocycles. The zero-order valence-electron chi connectivity index (χ0n) is 23.0. The minimum absolute atomic E-state index is 0.0340. The van der Waals surface area contributed by atoms with Gasteiger partial charge in [-0.2, -0.15) is 0 Å². The molecule has 0 bridgehead atoms. The van der Waals surface area contributed by atoms with Gasteiger partial charge in [-0.15, -0.1) is 0 Å². The predicted octanol–water partition coefficient (Wildman–Crippen LogP) is 5.01. The fourth-order valence-electron chi connectivity index (χ4n) is 3.35. The van der Waals surface area contributed by atoms with Crippen molar-refractivity contribution in [2.24, 2.45) is 0 Å². The number of hydrogen-bond acceptors (Lipinski definition) is 7. The monoisotopic (exact) mass is 485 g/mol. The van der Waals surface area contributed by atoms with Crippen LogP contribution in [-0.2, 0) is 33.4 Å². The van der Waals surface area contributed by atoms with E-state index in [4.69, 9.17) is 14.2 Å². The molecule has 0 radical (unpaired) electrons. The van der Waals surface area contributed by atoms with Crippen molar-refractivity contribution < 1.29 is 33.4 Å². The van der Waals surface area contributed by atoms with E-state index in [1.807, 2.05) is 6.92 Å². The van der Waals surface area contributed by atoms with Gasteiger partial charge in [0.15, 0.2) is 0 Å². The summed E-state index contributed by atoms with van der Waals surface area (Å²) < 4.78 is 16.3. The lowest BCUT2D eigenvalue weighted by atomic mass is 9.83. The van der Waals surface area contributed by atoms with Crippen LogP contribution >= 0.6 is 0 Å². The molecule has 0 atom stereocenters. The molecule has 198 valence electrons. The smallest absolute Gasteiger partial charge is 0.306 e. The molecule has 0 heterocycles. The number of nitrogens with one attached hydrogen (secondary N) is 1. The standard InChI is InChI=1S/C26H47NO7/c1-11-12-19(28)27-26(16-13-20(29)32-23(2,3)4,17-14-21(30)33-24(5,6)7)18-15-22(31)34-25(8,9)10/h11-18H2,1-10H3,(H,27,28). The van der Waals surface area contributed by atoms with Crippen LogP contribution in [0.1, 0.15) is 121 Å². The van der Waals surface area contributed by atoms with Crippen LogP contribution in [0.3, 0.4) is 0 Å². The summed E-state index contributed by atoms with van der Waals surface area (Å²) in [5.41, 5.74) is -2.88. The van der Waals surface area contributed by atoms with Crippen LogP contribution in [0.15, 0.2) is 0 Å². The molecule has 0 fully saturated rings. The van der Waals surface area contributed by atoms with Crippen molar-refractivity contribution in [3.05, 3.63) is 0 Å². The van der Waals surface area contributed by atoms with Crippen LogP contribution in [0.4, 0.5) is 0 Å². The second kappa shape index (κ2) is 13.1. The molecule has 0 spiro atoms. The Labute approximate surface area is 205 Å². The third-order valence-corrected chi connectivity index (χ3v) is 4.56. The van der Waals surface area contributed by atoms with Crippen molar-refractivity contribution in [3.8, 4) is 0 Å². The van der Waals surface area contributed by atoms with Gasteiger partial charge < -0.3 is 19.5 Å². The van der Waals surface area contributed by atoms with Gasteiger partial charge in [-0.25, -0.2) is 0 Å². The van der Waals surface area contributed by atoms with Gasteiger partial charge in [0.1, 0.15) is 16.8 Å². The van der Waals surface area contributed by atoms with Crippen LogP contribution in [-0.4, -0.2) is 46.2 Å². The van der Waals surface area contributed by atoms with Crippen molar-refractivity contribution in [2.75, 3.05) is 0 Å². The molecule has 0 rings (SSSR count). The SMILES string of the molecule is CCCC(=O)NC(CCC(=O)OC(C)(C)C)(CCC(=O)OC(C)(C)C)CCC(=O)OC(C)(C)C. The molecule has 0 unspecified atom stereocenters. The molecule has 8 nitrogen and oxygen atoms in total. The average Bonchev–Trinajstić information content (AvgIpc) is 2.59. The van der Waals surface area contributed by atoms with E-state index in [-0.39, 0.29) is 44.4 Å². The van der Waals surface area contributed by atoms with Crippen LogP contribution in [0.2, 0.25) is 0 Å². The molecule has 0 aromatic rings. The lowest BCUT2D eigenvalue weighted by Gasteiger charge is -2.36. The quantitative estimate of drug-likeness (QED) is 0.306. The summed E-state index contributed by atoms with van der Waals surface area (Å²) >= 11 is 0. The molecule has 0 saturated heterocycles. The third kappa shape index (κ3) is 16.5. The summed E-state index contributed by atoms with van der Waals surface area (Å²) in [5, 5.41) is 3.02. The second-order valence-corrected chi connectivity index (χ2v) is 11.8. The van der Waals surface area contributed by atoms with E-state index in [1.54, 1.807) is 62.3 Å². The zero-order valence-corrected chi connectivity index (χ0v) is 23.0. The number of hydrogen-bond donors (Lipinski definition) is 1. The fraction of sp³-hybridized carbons (Fsp3) is 0.846. The van der Waals surface area contributed by atoms with Crippen LogP contribution in [0.5, 0.6) is 0 Å². The van der Waals surface area contributed by atoms with Crippen molar-refractivity contribution in [2.45, 2.75) is 143 Å². The highest BCUT2D eigenvalue weighted by Crippen LogP contribution is 2.28. The first-order valence-electron chi connectivity index (χ1n) is 12.2. The lowest BCUT2D eigenvalue weighted by molar-refractivity contribution is -0.155. The number of ether oxygens (including phenoxy) is 3. The fourth-order valence-corrected chi connectivity index (χ4v) is 3.35. The first kappa shape index (κ1) is 31.9. The van der Waals surface area contributed by atoms with Crippen molar-refractivity contribution in [3.63, 3.8) is 0 Å². The summed E-state index contributed by atoms with van der Waals surface area (Å²) in [6, 6.07) is 0. The number of carbonyl (C=O) groups is 4. The lowest BCUT2D eigenvalue weighted by Crippen LogP contribution is -2.50. The van der Waals surface area contributed by atoms with Gasteiger partial charge >= 0.3 is 17.9 Å². The van der Waals surface area contributed by atoms with Crippen molar-refractivity contribution in [1.82, 2.24) is 5.32 Å². The maximum Gasteiger partial charge on any atom is 0.306 e. The number of amides is 1. The Morgan fingerprint density at radius 3 is 1.09 bits per heavy atom. The molecular formula is C26H47NO7. The highest BCUT2D eigenvalue weighted by atomic mass is 16.6. The van der Waals surface area contributed by atoms with Crippen LogP contribution in [0.25, 0.3) is 0 Å².